The second kappa shape index (κ2) is 5.50. The Bertz CT molecular complexity index is 747. The van der Waals surface area contributed by atoms with Crippen molar-refractivity contribution in [2.45, 2.75) is 18.0 Å². The molecule has 0 atom stereocenters. The minimum absolute atomic E-state index is 0.414. The molecule has 23 heavy (non-hydrogen) atoms. The average Bonchev–Trinajstić information content (AvgIpc) is 2.46. The van der Waals surface area contributed by atoms with Gasteiger partial charge in [-0.05, 0) is 16.8 Å². The van der Waals surface area contributed by atoms with Crippen molar-refractivity contribution in [2.75, 3.05) is 7.05 Å². The van der Waals surface area contributed by atoms with Crippen molar-refractivity contribution in [2.24, 2.45) is 4.99 Å². The summed E-state index contributed by atoms with van der Waals surface area (Å²) in [7, 11) is 0.741. The molecular weight excluding hydrogens is 327 g/mol. The van der Waals surface area contributed by atoms with E-state index >= 15 is 0 Å². The van der Waals surface area contributed by atoms with Crippen LogP contribution in [0.3, 0.4) is 0 Å². The van der Waals surface area contributed by atoms with Gasteiger partial charge in [0.15, 0.2) is 0 Å². The summed E-state index contributed by atoms with van der Waals surface area (Å²) in [5.74, 6) is -11.7. The van der Waals surface area contributed by atoms with Gasteiger partial charge >= 0.3 is 18.0 Å². The van der Waals surface area contributed by atoms with E-state index in [0.717, 1.165) is 19.2 Å². The quantitative estimate of drug-likeness (QED) is 0.546. The van der Waals surface area contributed by atoms with Crippen molar-refractivity contribution in [1.29, 1.82) is 0 Å². The van der Waals surface area contributed by atoms with Crippen molar-refractivity contribution >= 4 is 16.5 Å². The summed E-state index contributed by atoms with van der Waals surface area (Å²) in [6.45, 7) is 0. The van der Waals surface area contributed by atoms with Crippen LogP contribution in [0.15, 0.2) is 47.5 Å². The second-order valence-corrected chi connectivity index (χ2v) is 4.78. The summed E-state index contributed by atoms with van der Waals surface area (Å²) in [5, 5.41) is 1.04. The van der Waals surface area contributed by atoms with Gasteiger partial charge in [0.25, 0.3) is 0 Å². The van der Waals surface area contributed by atoms with E-state index in [1.54, 1.807) is 18.2 Å². The summed E-state index contributed by atoms with van der Waals surface area (Å²) in [5.41, 5.74) is -2.12. The maximum atomic E-state index is 13.8. The van der Waals surface area contributed by atoms with Gasteiger partial charge in [0, 0.05) is 12.6 Å². The summed E-state index contributed by atoms with van der Waals surface area (Å²) in [6, 6.07) is 9.89. The number of hydrogen-bond donors (Lipinski definition) is 0. The Morgan fingerprint density at radius 2 is 1.39 bits per heavy atom. The third-order valence-electron chi connectivity index (χ3n) is 3.29. The summed E-state index contributed by atoms with van der Waals surface area (Å²) >= 11 is 0. The molecule has 124 valence electrons. The molecule has 0 aromatic heterocycles. The average molecular weight is 337 g/mol. The van der Waals surface area contributed by atoms with Gasteiger partial charge in [-0.2, -0.15) is 30.7 Å². The predicted octanol–water partition coefficient (Wildman–Crippen LogP) is 5.09. The van der Waals surface area contributed by atoms with E-state index in [1.165, 1.54) is 12.1 Å². The first kappa shape index (κ1) is 17.2. The van der Waals surface area contributed by atoms with Crippen LogP contribution in [0.2, 0.25) is 0 Å². The van der Waals surface area contributed by atoms with Crippen LogP contribution in [0.1, 0.15) is 5.56 Å². The lowest BCUT2D eigenvalue weighted by Gasteiger charge is -2.29. The zero-order valence-electron chi connectivity index (χ0n) is 11.6. The first-order valence-electron chi connectivity index (χ1n) is 6.31. The van der Waals surface area contributed by atoms with Crippen LogP contribution in [0, 0.1) is 0 Å². The van der Waals surface area contributed by atoms with Gasteiger partial charge in [-0.3, -0.25) is 4.99 Å². The third-order valence-corrected chi connectivity index (χ3v) is 3.29. The highest BCUT2D eigenvalue weighted by atomic mass is 19.4. The highest BCUT2D eigenvalue weighted by Gasteiger charge is 2.74. The van der Waals surface area contributed by atoms with Crippen molar-refractivity contribution in [1.82, 2.24) is 0 Å². The lowest BCUT2D eigenvalue weighted by atomic mass is 9.96. The molecule has 0 saturated heterocycles. The molecule has 2 rings (SSSR count). The number of hydrogen-bond acceptors (Lipinski definition) is 1. The van der Waals surface area contributed by atoms with Gasteiger partial charge in [0.05, 0.1) is 0 Å². The Balaban J connectivity index is 2.57. The first-order valence-corrected chi connectivity index (χ1v) is 6.31. The lowest BCUT2D eigenvalue weighted by molar-refractivity contribution is -0.336. The molecular formula is C15H10F7N. The van der Waals surface area contributed by atoms with Crippen LogP contribution >= 0.6 is 0 Å². The summed E-state index contributed by atoms with van der Waals surface area (Å²) in [4.78, 5) is 3.00. The van der Waals surface area contributed by atoms with E-state index < -0.39 is 29.3 Å². The maximum Gasteiger partial charge on any atom is 0.460 e. The van der Waals surface area contributed by atoms with Crippen LogP contribution in [-0.2, 0) is 0 Å². The minimum Gasteiger partial charge on any atom is -0.286 e. The second-order valence-electron chi connectivity index (χ2n) is 4.78. The molecule has 2 aromatic rings. The van der Waals surface area contributed by atoms with Gasteiger partial charge < -0.3 is 0 Å². The molecule has 0 N–H and O–H groups in total. The maximum absolute atomic E-state index is 13.8. The standard InChI is InChI=1S/C15H10F7N/c1-23-12(13(16,17)14(18,19)15(20,21)22)11-7-6-9-4-2-3-5-10(9)8-11/h2-8H,1H3. The highest BCUT2D eigenvalue weighted by molar-refractivity contribution is 6.08. The SMILES string of the molecule is CN=C(c1ccc2ccccc2c1)C(F)(F)C(F)(F)C(F)(F)F. The number of halogens is 7. The third kappa shape index (κ3) is 2.77. The van der Waals surface area contributed by atoms with Gasteiger partial charge in [-0.1, -0.05) is 36.4 Å². The summed E-state index contributed by atoms with van der Waals surface area (Å²) < 4.78 is 91.0. The fraction of sp³-hybridized carbons (Fsp3) is 0.267. The monoisotopic (exact) mass is 337 g/mol. The Kier molecular flexibility index (Phi) is 4.13. The van der Waals surface area contributed by atoms with Crippen molar-refractivity contribution in [3.8, 4) is 0 Å². The molecule has 0 saturated carbocycles. The molecule has 1 nitrogen and oxygen atoms in total. The first-order chi connectivity index (χ1) is 10.5. The van der Waals surface area contributed by atoms with Crippen molar-refractivity contribution in [3.63, 3.8) is 0 Å². The van der Waals surface area contributed by atoms with Crippen LogP contribution in [0.4, 0.5) is 30.7 Å². The van der Waals surface area contributed by atoms with Crippen molar-refractivity contribution < 1.29 is 30.7 Å². The Morgan fingerprint density at radius 3 is 1.91 bits per heavy atom. The van der Waals surface area contributed by atoms with Gasteiger partial charge in [-0.15, -0.1) is 0 Å². The zero-order valence-corrected chi connectivity index (χ0v) is 11.6. The number of fused-ring (bicyclic) bond motifs is 1. The van der Waals surface area contributed by atoms with E-state index in [2.05, 4.69) is 4.99 Å². The molecule has 0 aliphatic heterocycles. The van der Waals surface area contributed by atoms with Crippen LogP contribution < -0.4 is 0 Å². The van der Waals surface area contributed by atoms with E-state index in [1.807, 2.05) is 0 Å². The predicted molar refractivity (Wildman–Crippen MR) is 72.4 cm³/mol. The fourth-order valence-electron chi connectivity index (χ4n) is 2.11. The molecule has 0 amide bonds. The summed E-state index contributed by atoms with van der Waals surface area (Å²) in [6.07, 6.45) is -6.40. The van der Waals surface area contributed by atoms with Crippen LogP contribution in [0.5, 0.6) is 0 Å². The van der Waals surface area contributed by atoms with E-state index in [4.69, 9.17) is 0 Å². The Hall–Kier alpha value is -2.12. The fourth-order valence-corrected chi connectivity index (χ4v) is 2.11. The van der Waals surface area contributed by atoms with Gasteiger partial charge in [0.2, 0.25) is 0 Å². The number of aliphatic imine (C=N–C) groups is 1. The zero-order chi connectivity index (χ0) is 17.5. The lowest BCUT2D eigenvalue weighted by Crippen LogP contribution is -2.56. The molecule has 0 fully saturated rings. The molecule has 0 heterocycles. The van der Waals surface area contributed by atoms with E-state index in [9.17, 15) is 30.7 Å². The molecule has 0 unspecified atom stereocenters. The molecule has 0 aliphatic rings. The smallest absolute Gasteiger partial charge is 0.286 e. The molecule has 0 spiro atoms. The number of alkyl halides is 7. The molecule has 2 aromatic carbocycles. The molecule has 0 radical (unpaired) electrons. The van der Waals surface area contributed by atoms with Crippen LogP contribution in [-0.4, -0.2) is 30.8 Å². The highest BCUT2D eigenvalue weighted by Crippen LogP contribution is 2.48. The van der Waals surface area contributed by atoms with E-state index in [0.29, 0.717) is 10.8 Å². The Labute approximate surface area is 126 Å². The topological polar surface area (TPSA) is 12.4 Å². The number of rotatable bonds is 3. The minimum atomic E-state index is -6.40. The molecule has 8 heteroatoms. The normalized spacial score (nSPS) is 14.3. The van der Waals surface area contributed by atoms with Gasteiger partial charge in [-0.25, -0.2) is 0 Å². The number of benzene rings is 2. The van der Waals surface area contributed by atoms with E-state index in [-0.39, 0.29) is 0 Å². The van der Waals surface area contributed by atoms with Gasteiger partial charge in [0.1, 0.15) is 5.71 Å². The molecule has 0 bridgehead atoms. The molecule has 0 aliphatic carbocycles. The Morgan fingerprint density at radius 1 is 0.826 bits per heavy atom. The van der Waals surface area contributed by atoms with Crippen molar-refractivity contribution in [3.05, 3.63) is 48.0 Å². The number of nitrogens with zero attached hydrogens (tertiary/aromatic N) is 1. The van der Waals surface area contributed by atoms with Crippen LogP contribution in [0.25, 0.3) is 10.8 Å². The largest absolute Gasteiger partial charge is 0.460 e.